The van der Waals surface area contributed by atoms with Crippen molar-refractivity contribution in [1.29, 1.82) is 0 Å². The van der Waals surface area contributed by atoms with Crippen molar-refractivity contribution in [2.45, 2.75) is 37.5 Å². The van der Waals surface area contributed by atoms with Gasteiger partial charge in [-0.05, 0) is 79.5 Å². The van der Waals surface area contributed by atoms with Gasteiger partial charge in [0, 0.05) is 42.9 Å². The largest absolute Gasteiger partial charge is 0.381 e. The van der Waals surface area contributed by atoms with Gasteiger partial charge in [0.25, 0.3) is 0 Å². The quantitative estimate of drug-likeness (QED) is 0.535. The van der Waals surface area contributed by atoms with Crippen LogP contribution in [0.3, 0.4) is 0 Å². The van der Waals surface area contributed by atoms with Crippen molar-refractivity contribution in [2.75, 3.05) is 26.3 Å². The van der Waals surface area contributed by atoms with Gasteiger partial charge in [0.05, 0.1) is 10.9 Å². The van der Waals surface area contributed by atoms with Gasteiger partial charge >= 0.3 is 0 Å². The van der Waals surface area contributed by atoms with Crippen molar-refractivity contribution < 1.29 is 9.53 Å². The van der Waals surface area contributed by atoms with E-state index in [4.69, 9.17) is 16.3 Å². The number of ether oxygens (including phenoxy) is 1. The number of halogens is 1. The van der Waals surface area contributed by atoms with Gasteiger partial charge < -0.3 is 9.64 Å². The molecule has 32 heavy (non-hydrogen) atoms. The molecule has 2 aliphatic heterocycles. The second-order valence-corrected chi connectivity index (χ2v) is 9.63. The van der Waals surface area contributed by atoms with Crippen LogP contribution in [0.5, 0.6) is 0 Å². The molecule has 1 aromatic heterocycles. The molecule has 1 amide bonds. The summed E-state index contributed by atoms with van der Waals surface area (Å²) >= 11 is 6.13. The summed E-state index contributed by atoms with van der Waals surface area (Å²) in [6.45, 7) is 2.90. The molecule has 166 valence electrons. The molecule has 2 aliphatic rings. The monoisotopic (exact) mass is 448 g/mol. The lowest BCUT2D eigenvalue weighted by Gasteiger charge is -2.43. The number of rotatable bonds is 4. The number of hydrogen-bond acceptors (Lipinski definition) is 3. The van der Waals surface area contributed by atoms with Gasteiger partial charge in [0.2, 0.25) is 5.91 Å². The highest BCUT2D eigenvalue weighted by Crippen LogP contribution is 2.38. The van der Waals surface area contributed by atoms with E-state index in [2.05, 4.69) is 34.1 Å². The zero-order chi connectivity index (χ0) is 22.0. The molecule has 0 saturated carbocycles. The van der Waals surface area contributed by atoms with Crippen LogP contribution >= 0.6 is 11.6 Å². The highest BCUT2D eigenvalue weighted by atomic mass is 35.5. The number of fused-ring (bicyclic) bond motifs is 1. The number of amides is 1. The average molecular weight is 449 g/mol. The molecule has 0 spiro atoms. The van der Waals surface area contributed by atoms with Crippen molar-refractivity contribution in [1.82, 2.24) is 9.88 Å². The molecule has 2 aromatic carbocycles. The summed E-state index contributed by atoms with van der Waals surface area (Å²) in [6.07, 6.45) is 6.49. The van der Waals surface area contributed by atoms with Gasteiger partial charge in [-0.25, -0.2) is 0 Å². The first-order valence-electron chi connectivity index (χ1n) is 11.6. The minimum Gasteiger partial charge on any atom is -0.381 e. The van der Waals surface area contributed by atoms with E-state index in [1.165, 1.54) is 10.9 Å². The van der Waals surface area contributed by atoms with E-state index >= 15 is 0 Å². The average Bonchev–Trinajstić information content (AvgIpc) is 2.84. The molecule has 2 fully saturated rings. The number of piperidine rings is 1. The Morgan fingerprint density at radius 1 is 1.12 bits per heavy atom. The van der Waals surface area contributed by atoms with E-state index in [0.29, 0.717) is 24.2 Å². The number of carbonyl (C=O) groups is 1. The van der Waals surface area contributed by atoms with Crippen molar-refractivity contribution in [3.63, 3.8) is 0 Å². The van der Waals surface area contributed by atoms with Crippen LogP contribution in [0.4, 0.5) is 0 Å². The number of carbonyl (C=O) groups excluding carboxylic acids is 1. The summed E-state index contributed by atoms with van der Waals surface area (Å²) in [5.41, 5.74) is 2.92. The molecule has 0 radical (unpaired) electrons. The Labute approximate surface area is 194 Å². The fourth-order valence-corrected chi connectivity index (χ4v) is 5.54. The zero-order valence-electron chi connectivity index (χ0n) is 18.3. The van der Waals surface area contributed by atoms with Crippen LogP contribution in [0.25, 0.3) is 10.9 Å². The Hall–Kier alpha value is -2.43. The molecule has 1 unspecified atom stereocenters. The van der Waals surface area contributed by atoms with E-state index < -0.39 is 5.41 Å². The molecule has 3 heterocycles. The molecule has 2 saturated heterocycles. The Morgan fingerprint density at radius 3 is 2.75 bits per heavy atom. The molecule has 1 atom stereocenters. The van der Waals surface area contributed by atoms with Crippen LogP contribution in [0.2, 0.25) is 5.02 Å². The zero-order valence-corrected chi connectivity index (χ0v) is 19.1. The van der Waals surface area contributed by atoms with Gasteiger partial charge in [-0.15, -0.1) is 0 Å². The summed E-state index contributed by atoms with van der Waals surface area (Å²) in [7, 11) is 0. The standard InChI is InChI=1S/C27H29ClN2O2/c28-24-8-6-23(7-9-24)27(11-15-32-16-12-27)26(31)30-14-2-3-21(19-30)17-20-5-10-25-22(18-20)4-1-13-29-25/h1,4-10,13,18,21H,2-3,11-12,14-17,19H2. The second kappa shape index (κ2) is 9.21. The topological polar surface area (TPSA) is 42.4 Å². The van der Waals surface area contributed by atoms with Crippen molar-refractivity contribution in [2.24, 2.45) is 5.92 Å². The fraction of sp³-hybridized carbons (Fsp3) is 0.407. The Morgan fingerprint density at radius 2 is 1.94 bits per heavy atom. The van der Waals surface area contributed by atoms with Crippen LogP contribution in [0.15, 0.2) is 60.8 Å². The highest BCUT2D eigenvalue weighted by Gasteiger charge is 2.44. The number of likely N-dealkylation sites (tertiary alicyclic amines) is 1. The molecule has 5 rings (SSSR count). The lowest BCUT2D eigenvalue weighted by atomic mass is 9.72. The molecule has 3 aromatic rings. The summed E-state index contributed by atoms with van der Waals surface area (Å²) in [5.74, 6) is 0.736. The molecule has 0 aliphatic carbocycles. The van der Waals surface area contributed by atoms with Gasteiger partial charge in [0.1, 0.15) is 0 Å². The SMILES string of the molecule is O=C(N1CCCC(Cc2ccc3ncccc3c2)C1)C1(c2ccc(Cl)cc2)CCOCC1. The predicted molar refractivity (Wildman–Crippen MR) is 128 cm³/mol. The second-order valence-electron chi connectivity index (χ2n) is 9.20. The summed E-state index contributed by atoms with van der Waals surface area (Å²) < 4.78 is 5.64. The lowest BCUT2D eigenvalue weighted by Crippen LogP contribution is -2.52. The van der Waals surface area contributed by atoms with Gasteiger partial charge in [-0.2, -0.15) is 0 Å². The summed E-state index contributed by atoms with van der Waals surface area (Å²) in [4.78, 5) is 20.5. The van der Waals surface area contributed by atoms with Crippen LogP contribution in [-0.2, 0) is 21.4 Å². The van der Waals surface area contributed by atoms with Crippen LogP contribution in [0, 0.1) is 5.92 Å². The number of aromatic nitrogens is 1. The van der Waals surface area contributed by atoms with E-state index in [-0.39, 0.29) is 5.91 Å². The van der Waals surface area contributed by atoms with E-state index in [9.17, 15) is 4.79 Å². The third-order valence-corrected chi connectivity index (χ3v) is 7.40. The van der Waals surface area contributed by atoms with Gasteiger partial charge in [0.15, 0.2) is 0 Å². The first-order chi connectivity index (χ1) is 15.6. The maximum Gasteiger partial charge on any atom is 0.233 e. The summed E-state index contributed by atoms with van der Waals surface area (Å²) in [5, 5.41) is 1.88. The Balaban J connectivity index is 1.35. The molecule has 0 N–H and O–H groups in total. The molecular formula is C27H29ClN2O2. The number of pyridine rings is 1. The number of nitrogens with zero attached hydrogens (tertiary/aromatic N) is 2. The number of hydrogen-bond donors (Lipinski definition) is 0. The maximum absolute atomic E-state index is 14.0. The fourth-order valence-electron chi connectivity index (χ4n) is 5.42. The predicted octanol–water partition coefficient (Wildman–Crippen LogP) is 5.42. The van der Waals surface area contributed by atoms with Crippen molar-refractivity contribution >= 4 is 28.4 Å². The molecule has 5 heteroatoms. The Kier molecular flexibility index (Phi) is 6.16. The first kappa shape index (κ1) is 21.4. The third kappa shape index (κ3) is 4.26. The van der Waals surface area contributed by atoms with E-state index in [1.807, 2.05) is 36.5 Å². The Bertz CT molecular complexity index is 1090. The third-order valence-electron chi connectivity index (χ3n) is 7.15. The minimum atomic E-state index is -0.501. The molecule has 0 bridgehead atoms. The minimum absolute atomic E-state index is 0.260. The first-order valence-corrected chi connectivity index (χ1v) is 12.0. The van der Waals surface area contributed by atoms with E-state index in [1.54, 1.807) is 0 Å². The highest BCUT2D eigenvalue weighted by molar-refractivity contribution is 6.30. The van der Waals surface area contributed by atoms with Gasteiger partial charge in [-0.1, -0.05) is 35.9 Å². The summed E-state index contributed by atoms with van der Waals surface area (Å²) in [6, 6.07) is 18.5. The number of benzene rings is 2. The van der Waals surface area contributed by atoms with Crippen molar-refractivity contribution in [3.05, 3.63) is 76.9 Å². The van der Waals surface area contributed by atoms with Gasteiger partial charge in [-0.3, -0.25) is 9.78 Å². The normalized spacial score (nSPS) is 20.9. The molecule has 4 nitrogen and oxygen atoms in total. The van der Waals surface area contributed by atoms with Crippen LogP contribution in [0.1, 0.15) is 36.8 Å². The van der Waals surface area contributed by atoms with Crippen molar-refractivity contribution in [3.8, 4) is 0 Å². The van der Waals surface area contributed by atoms with Crippen LogP contribution in [-0.4, -0.2) is 42.1 Å². The lowest BCUT2D eigenvalue weighted by molar-refractivity contribution is -0.143. The smallest absolute Gasteiger partial charge is 0.233 e. The molecular weight excluding hydrogens is 420 g/mol. The van der Waals surface area contributed by atoms with Crippen LogP contribution < -0.4 is 0 Å². The van der Waals surface area contributed by atoms with E-state index in [0.717, 1.165) is 56.3 Å². The maximum atomic E-state index is 14.0.